The molecule has 0 saturated carbocycles. The van der Waals surface area contributed by atoms with E-state index in [0.29, 0.717) is 0 Å². The van der Waals surface area contributed by atoms with Crippen LogP contribution in [0.4, 0.5) is 35.1 Å². The van der Waals surface area contributed by atoms with E-state index >= 15 is 0 Å². The molecule has 0 aromatic rings. The molecular weight excluding hydrogens is 276 g/mol. The predicted octanol–water partition coefficient (Wildman–Crippen LogP) is 4.10. The quantitative estimate of drug-likeness (QED) is 0.389. The lowest BCUT2D eigenvalue weighted by Gasteiger charge is -2.34. The number of rotatable bonds is 7. The van der Waals surface area contributed by atoms with Crippen LogP contribution in [0.5, 0.6) is 0 Å². The predicted molar refractivity (Wildman–Crippen MR) is 46.2 cm³/mol. The van der Waals surface area contributed by atoms with Crippen LogP contribution in [0.15, 0.2) is 12.7 Å². The lowest BCUT2D eigenvalue weighted by molar-refractivity contribution is -0.424. The maximum atomic E-state index is 12.8. The summed E-state index contributed by atoms with van der Waals surface area (Å²) in [6.07, 6.45) is -5.06. The highest BCUT2D eigenvalue weighted by atomic mass is 19.4. The summed E-state index contributed by atoms with van der Waals surface area (Å²) in [5.74, 6) is -17.9. The molecule has 0 bridgehead atoms. The molecule has 1 nitrogen and oxygen atoms in total. The first-order valence-corrected chi connectivity index (χ1v) is 4.57. The van der Waals surface area contributed by atoms with Crippen molar-refractivity contribution >= 4 is 0 Å². The smallest absolute Gasteiger partial charge is 0.315 e. The Bertz CT molecular complexity index is 293. The minimum atomic E-state index is -6.35. The van der Waals surface area contributed by atoms with Crippen molar-refractivity contribution in [2.75, 3.05) is 6.61 Å². The van der Waals surface area contributed by atoms with E-state index in [1.54, 1.807) is 0 Å². The van der Waals surface area contributed by atoms with Crippen molar-refractivity contribution in [1.29, 1.82) is 0 Å². The third-order valence-electron chi connectivity index (χ3n) is 1.92. The van der Waals surface area contributed by atoms with Crippen molar-refractivity contribution in [3.8, 4) is 0 Å². The molecule has 0 atom stereocenters. The topological polar surface area (TPSA) is 9.23 Å². The van der Waals surface area contributed by atoms with E-state index in [4.69, 9.17) is 0 Å². The van der Waals surface area contributed by atoms with Gasteiger partial charge in [0.2, 0.25) is 0 Å². The third kappa shape index (κ3) is 2.93. The Hall–Kier alpha value is -0.860. The summed E-state index contributed by atoms with van der Waals surface area (Å²) in [5.41, 5.74) is 0. The molecule has 0 aromatic carbocycles. The summed E-state index contributed by atoms with van der Waals surface area (Å²) in [6, 6.07) is 0. The average Bonchev–Trinajstić information content (AvgIpc) is 2.15. The highest BCUT2D eigenvalue weighted by Gasteiger charge is 2.80. The van der Waals surface area contributed by atoms with Crippen molar-refractivity contribution in [3.05, 3.63) is 12.7 Å². The van der Waals surface area contributed by atoms with Gasteiger partial charge in [-0.3, -0.25) is 0 Å². The van der Waals surface area contributed by atoms with Crippen molar-refractivity contribution in [1.82, 2.24) is 0 Å². The number of hydrogen-bond acceptors (Lipinski definition) is 1. The Balaban J connectivity index is 5.16. The summed E-state index contributed by atoms with van der Waals surface area (Å²) >= 11 is 0. The standard InChI is InChI=1S/C9H10F8O/c1-3-4-5-18-9(16,17)8(14,15)7(12,13)6(2,10)11/h3H,1,4-5H2,2H3. The largest absolute Gasteiger partial charge is 0.426 e. The number of alkyl halides is 8. The van der Waals surface area contributed by atoms with E-state index in [2.05, 4.69) is 11.3 Å². The van der Waals surface area contributed by atoms with E-state index in [1.165, 1.54) is 0 Å². The molecule has 0 fully saturated rings. The van der Waals surface area contributed by atoms with Gasteiger partial charge in [-0.15, -0.1) is 6.58 Å². The van der Waals surface area contributed by atoms with Crippen LogP contribution in [0.2, 0.25) is 0 Å². The van der Waals surface area contributed by atoms with Gasteiger partial charge in [0.1, 0.15) is 0 Å². The maximum Gasteiger partial charge on any atom is 0.426 e. The fraction of sp³-hybridized carbons (Fsp3) is 0.778. The van der Waals surface area contributed by atoms with Gasteiger partial charge in [-0.25, -0.2) is 0 Å². The molecule has 0 radical (unpaired) electrons. The lowest BCUT2D eigenvalue weighted by atomic mass is 10.1. The number of halogens is 8. The van der Waals surface area contributed by atoms with E-state index in [0.717, 1.165) is 6.08 Å². The van der Waals surface area contributed by atoms with Gasteiger partial charge in [-0.1, -0.05) is 6.08 Å². The summed E-state index contributed by atoms with van der Waals surface area (Å²) < 4.78 is 104. The zero-order valence-electron chi connectivity index (χ0n) is 9.13. The number of ether oxygens (including phenoxy) is 1. The Labute approximate surface area is 97.4 Å². The highest BCUT2D eigenvalue weighted by molar-refractivity contribution is 4.98. The molecule has 0 N–H and O–H groups in total. The van der Waals surface area contributed by atoms with Crippen molar-refractivity contribution in [2.45, 2.75) is 37.2 Å². The zero-order valence-corrected chi connectivity index (χ0v) is 9.13. The van der Waals surface area contributed by atoms with Crippen LogP contribution in [0.25, 0.3) is 0 Å². The third-order valence-corrected chi connectivity index (χ3v) is 1.92. The van der Waals surface area contributed by atoms with Crippen LogP contribution in [-0.4, -0.2) is 30.5 Å². The Morgan fingerprint density at radius 3 is 1.72 bits per heavy atom. The minimum absolute atomic E-state index is 0.334. The number of hydrogen-bond donors (Lipinski definition) is 0. The summed E-state index contributed by atoms with van der Waals surface area (Å²) in [6.45, 7) is 1.41. The van der Waals surface area contributed by atoms with Crippen LogP contribution in [0.1, 0.15) is 13.3 Å². The second-order valence-electron chi connectivity index (χ2n) is 3.48. The van der Waals surface area contributed by atoms with Gasteiger partial charge in [-0.2, -0.15) is 35.1 Å². The molecule has 0 aromatic heterocycles. The lowest BCUT2D eigenvalue weighted by Crippen LogP contribution is -2.62. The highest BCUT2D eigenvalue weighted by Crippen LogP contribution is 2.52. The van der Waals surface area contributed by atoms with E-state index in [9.17, 15) is 35.1 Å². The van der Waals surface area contributed by atoms with Gasteiger partial charge in [0.25, 0.3) is 0 Å². The first-order valence-electron chi connectivity index (χ1n) is 4.57. The maximum absolute atomic E-state index is 12.8. The SMILES string of the molecule is C=CCCOC(F)(F)C(F)(F)C(F)(F)C(C)(F)F. The fourth-order valence-electron chi connectivity index (χ4n) is 0.820. The van der Waals surface area contributed by atoms with Crippen LogP contribution in [0, 0.1) is 0 Å². The Kier molecular flexibility index (Phi) is 4.78. The molecular formula is C9H10F8O. The van der Waals surface area contributed by atoms with Crippen molar-refractivity contribution in [3.63, 3.8) is 0 Å². The molecule has 0 amide bonds. The van der Waals surface area contributed by atoms with Crippen LogP contribution < -0.4 is 0 Å². The zero-order chi connectivity index (χ0) is 14.8. The molecule has 18 heavy (non-hydrogen) atoms. The fourth-order valence-corrected chi connectivity index (χ4v) is 0.820. The van der Waals surface area contributed by atoms with Gasteiger partial charge in [-0.05, 0) is 6.42 Å². The van der Waals surface area contributed by atoms with Crippen LogP contribution >= 0.6 is 0 Å². The van der Waals surface area contributed by atoms with E-state index in [1.807, 2.05) is 0 Å². The molecule has 0 aliphatic carbocycles. The normalized spacial score (nSPS) is 14.7. The molecule has 0 aliphatic rings. The van der Waals surface area contributed by atoms with E-state index in [-0.39, 0.29) is 6.42 Å². The van der Waals surface area contributed by atoms with E-state index < -0.39 is 37.4 Å². The molecule has 9 heteroatoms. The second-order valence-corrected chi connectivity index (χ2v) is 3.48. The van der Waals surface area contributed by atoms with Crippen molar-refractivity contribution in [2.24, 2.45) is 0 Å². The van der Waals surface area contributed by atoms with Crippen molar-refractivity contribution < 1.29 is 39.9 Å². The van der Waals surface area contributed by atoms with Crippen LogP contribution in [-0.2, 0) is 4.74 Å². The van der Waals surface area contributed by atoms with Crippen LogP contribution in [0.3, 0.4) is 0 Å². The Morgan fingerprint density at radius 2 is 1.39 bits per heavy atom. The molecule has 0 unspecified atom stereocenters. The molecule has 0 aliphatic heterocycles. The molecule has 108 valence electrons. The molecule has 0 heterocycles. The first kappa shape index (κ1) is 17.1. The Morgan fingerprint density at radius 1 is 0.944 bits per heavy atom. The van der Waals surface area contributed by atoms with Gasteiger partial charge < -0.3 is 4.74 Å². The van der Waals surface area contributed by atoms with Gasteiger partial charge >= 0.3 is 23.9 Å². The minimum Gasteiger partial charge on any atom is -0.315 e. The van der Waals surface area contributed by atoms with Gasteiger partial charge in [0.05, 0.1) is 6.61 Å². The monoisotopic (exact) mass is 286 g/mol. The second kappa shape index (κ2) is 5.02. The summed E-state index contributed by atoms with van der Waals surface area (Å²) in [5, 5.41) is 0. The molecule has 0 saturated heterocycles. The molecule has 0 spiro atoms. The average molecular weight is 286 g/mol. The summed E-state index contributed by atoms with van der Waals surface area (Å²) in [4.78, 5) is 0. The first-order chi connectivity index (χ1) is 7.81. The molecule has 0 rings (SSSR count). The van der Waals surface area contributed by atoms with Gasteiger partial charge in [0.15, 0.2) is 0 Å². The van der Waals surface area contributed by atoms with Gasteiger partial charge in [0, 0.05) is 6.92 Å². The summed E-state index contributed by atoms with van der Waals surface area (Å²) in [7, 11) is 0.